The molecule has 64 valence electrons. The van der Waals surface area contributed by atoms with Crippen molar-refractivity contribution in [2.75, 3.05) is 13.1 Å². The van der Waals surface area contributed by atoms with Crippen LogP contribution in [0, 0.1) is 0 Å². The van der Waals surface area contributed by atoms with Gasteiger partial charge in [0, 0.05) is 13.1 Å². The molecule has 2 heterocycles. The van der Waals surface area contributed by atoms with Gasteiger partial charge in [-0.15, -0.1) is 11.3 Å². The summed E-state index contributed by atoms with van der Waals surface area (Å²) in [5, 5.41) is 3.25. The highest BCUT2D eigenvalue weighted by Gasteiger charge is 2.08. The Kier molecular flexibility index (Phi) is 2.33. The van der Waals surface area contributed by atoms with Crippen molar-refractivity contribution in [1.29, 1.82) is 0 Å². The largest absolute Gasteiger partial charge is 0.369 e. The molecule has 0 amide bonds. The zero-order chi connectivity index (χ0) is 8.39. The second-order valence-corrected chi connectivity index (χ2v) is 4.33. The molecule has 0 bridgehead atoms. The summed E-state index contributed by atoms with van der Waals surface area (Å²) in [5.41, 5.74) is 0. The molecule has 1 N–H and O–H groups in total. The molecule has 0 aliphatic carbocycles. The summed E-state index contributed by atoms with van der Waals surface area (Å²) in [6.45, 7) is 1.95. The average Bonchev–Trinajstić information content (AvgIpc) is 2.54. The molecule has 4 heteroatoms. The molecule has 1 aromatic heterocycles. The van der Waals surface area contributed by atoms with Gasteiger partial charge in [-0.05, 0) is 18.6 Å². The first-order valence-electron chi connectivity index (χ1n) is 3.90. The predicted octanol–water partition coefficient (Wildman–Crippen LogP) is 2.14. The molecule has 0 fully saturated rings. The van der Waals surface area contributed by atoms with E-state index in [1.165, 1.54) is 0 Å². The van der Waals surface area contributed by atoms with Gasteiger partial charge in [0.1, 0.15) is 5.84 Å². The van der Waals surface area contributed by atoms with Gasteiger partial charge in [0.2, 0.25) is 0 Å². The van der Waals surface area contributed by atoms with Crippen LogP contribution in [0.1, 0.15) is 11.3 Å². The lowest BCUT2D eigenvalue weighted by molar-refractivity contribution is 0.743. The summed E-state index contributed by atoms with van der Waals surface area (Å²) in [6.07, 6.45) is 1.13. The molecule has 0 aromatic carbocycles. The highest BCUT2D eigenvalue weighted by molar-refractivity contribution is 7.18. The zero-order valence-corrected chi connectivity index (χ0v) is 8.08. The van der Waals surface area contributed by atoms with Gasteiger partial charge in [0.25, 0.3) is 0 Å². The molecule has 0 saturated heterocycles. The molecule has 0 atom stereocenters. The SMILES string of the molecule is Clc1ccc(C2=NCCCN2)s1. The standard InChI is InChI=1S/C8H9ClN2S/c9-7-3-2-6(12-7)8-10-4-1-5-11-8/h2-3H,1,4-5H2,(H,10,11). The fourth-order valence-electron chi connectivity index (χ4n) is 1.14. The van der Waals surface area contributed by atoms with E-state index in [0.717, 1.165) is 34.6 Å². The predicted molar refractivity (Wildman–Crippen MR) is 53.4 cm³/mol. The summed E-state index contributed by atoms with van der Waals surface area (Å²) < 4.78 is 0.820. The van der Waals surface area contributed by atoms with Crippen LogP contribution in [0.4, 0.5) is 0 Å². The van der Waals surface area contributed by atoms with Crippen LogP contribution in [-0.4, -0.2) is 18.9 Å². The highest BCUT2D eigenvalue weighted by atomic mass is 35.5. The van der Waals surface area contributed by atoms with E-state index >= 15 is 0 Å². The first-order chi connectivity index (χ1) is 5.86. The van der Waals surface area contributed by atoms with Crippen LogP contribution < -0.4 is 5.32 Å². The third-order valence-corrected chi connectivity index (χ3v) is 2.94. The van der Waals surface area contributed by atoms with Crippen LogP contribution >= 0.6 is 22.9 Å². The number of aliphatic imine (C=N–C) groups is 1. The van der Waals surface area contributed by atoms with Gasteiger partial charge < -0.3 is 5.32 Å². The second kappa shape index (κ2) is 3.46. The normalized spacial score (nSPS) is 16.9. The first-order valence-corrected chi connectivity index (χ1v) is 5.10. The lowest BCUT2D eigenvalue weighted by Gasteiger charge is -2.12. The van der Waals surface area contributed by atoms with Crippen LogP contribution in [0.5, 0.6) is 0 Å². The van der Waals surface area contributed by atoms with Crippen LogP contribution in [0.2, 0.25) is 4.34 Å². The van der Waals surface area contributed by atoms with Gasteiger partial charge in [-0.1, -0.05) is 11.6 Å². The number of thiophene rings is 1. The quantitative estimate of drug-likeness (QED) is 0.738. The average molecular weight is 201 g/mol. The highest BCUT2D eigenvalue weighted by Crippen LogP contribution is 2.21. The number of hydrogen-bond donors (Lipinski definition) is 1. The van der Waals surface area contributed by atoms with Crippen molar-refractivity contribution in [1.82, 2.24) is 5.32 Å². The van der Waals surface area contributed by atoms with Gasteiger partial charge >= 0.3 is 0 Å². The summed E-state index contributed by atoms with van der Waals surface area (Å²) in [7, 11) is 0. The Morgan fingerprint density at radius 3 is 3.00 bits per heavy atom. The molecular formula is C8H9ClN2S. The van der Waals surface area contributed by atoms with Crippen LogP contribution in [-0.2, 0) is 0 Å². The van der Waals surface area contributed by atoms with Crippen LogP contribution in [0.3, 0.4) is 0 Å². The third kappa shape index (κ3) is 1.62. The van der Waals surface area contributed by atoms with E-state index in [1.54, 1.807) is 11.3 Å². The van der Waals surface area contributed by atoms with E-state index in [9.17, 15) is 0 Å². The maximum Gasteiger partial charge on any atom is 0.138 e. The fourth-order valence-corrected chi connectivity index (χ4v) is 2.17. The molecular weight excluding hydrogens is 192 g/mol. The molecule has 1 aromatic rings. The molecule has 0 radical (unpaired) electrons. The van der Waals surface area contributed by atoms with E-state index < -0.39 is 0 Å². The minimum absolute atomic E-state index is 0.820. The number of halogens is 1. The Balaban J connectivity index is 2.23. The first kappa shape index (κ1) is 8.08. The van der Waals surface area contributed by atoms with Crippen molar-refractivity contribution in [3.8, 4) is 0 Å². The third-order valence-electron chi connectivity index (χ3n) is 1.70. The summed E-state index contributed by atoms with van der Waals surface area (Å²) in [6, 6.07) is 3.91. The molecule has 1 aliphatic rings. The number of nitrogens with zero attached hydrogens (tertiary/aromatic N) is 1. The number of rotatable bonds is 1. The van der Waals surface area contributed by atoms with Crippen molar-refractivity contribution >= 4 is 28.8 Å². The Labute approximate surface area is 80.3 Å². The zero-order valence-electron chi connectivity index (χ0n) is 6.51. The summed E-state index contributed by atoms with van der Waals surface area (Å²) >= 11 is 7.38. The van der Waals surface area contributed by atoms with Gasteiger partial charge in [0.15, 0.2) is 0 Å². The summed E-state index contributed by atoms with van der Waals surface area (Å²) in [4.78, 5) is 5.51. The van der Waals surface area contributed by atoms with Crippen molar-refractivity contribution in [2.45, 2.75) is 6.42 Å². The molecule has 0 unspecified atom stereocenters. The lowest BCUT2D eigenvalue weighted by Crippen LogP contribution is -2.29. The van der Waals surface area contributed by atoms with E-state index in [4.69, 9.17) is 11.6 Å². The minimum atomic E-state index is 0.820. The lowest BCUT2D eigenvalue weighted by atomic mass is 10.3. The molecule has 2 nitrogen and oxygen atoms in total. The van der Waals surface area contributed by atoms with Gasteiger partial charge in [-0.2, -0.15) is 0 Å². The fraction of sp³-hybridized carbons (Fsp3) is 0.375. The van der Waals surface area contributed by atoms with Crippen molar-refractivity contribution < 1.29 is 0 Å². The van der Waals surface area contributed by atoms with Gasteiger partial charge in [-0.25, -0.2) is 0 Å². The van der Waals surface area contributed by atoms with Crippen molar-refractivity contribution in [3.63, 3.8) is 0 Å². The van der Waals surface area contributed by atoms with E-state index in [-0.39, 0.29) is 0 Å². The second-order valence-electron chi connectivity index (χ2n) is 2.61. The molecule has 12 heavy (non-hydrogen) atoms. The Morgan fingerprint density at radius 2 is 2.42 bits per heavy atom. The topological polar surface area (TPSA) is 24.4 Å². The van der Waals surface area contributed by atoms with Crippen molar-refractivity contribution in [3.05, 3.63) is 21.3 Å². The van der Waals surface area contributed by atoms with E-state index in [0.29, 0.717) is 0 Å². The van der Waals surface area contributed by atoms with E-state index in [2.05, 4.69) is 10.3 Å². The number of hydrogen-bond acceptors (Lipinski definition) is 3. The van der Waals surface area contributed by atoms with Crippen molar-refractivity contribution in [2.24, 2.45) is 4.99 Å². The molecule has 2 rings (SSSR count). The smallest absolute Gasteiger partial charge is 0.138 e. The number of amidine groups is 1. The maximum atomic E-state index is 5.82. The minimum Gasteiger partial charge on any atom is -0.369 e. The van der Waals surface area contributed by atoms with Gasteiger partial charge in [0.05, 0.1) is 9.21 Å². The molecule has 0 spiro atoms. The number of nitrogens with one attached hydrogen (secondary N) is 1. The van der Waals surface area contributed by atoms with Crippen LogP contribution in [0.15, 0.2) is 17.1 Å². The monoisotopic (exact) mass is 200 g/mol. The van der Waals surface area contributed by atoms with Gasteiger partial charge in [-0.3, -0.25) is 4.99 Å². The Hall–Kier alpha value is -0.540. The maximum absolute atomic E-state index is 5.82. The Morgan fingerprint density at radius 1 is 1.50 bits per heavy atom. The molecule has 0 saturated carbocycles. The molecule has 1 aliphatic heterocycles. The van der Waals surface area contributed by atoms with Crippen LogP contribution in [0.25, 0.3) is 0 Å². The Bertz CT molecular complexity index is 306. The van der Waals surface area contributed by atoms with E-state index in [1.807, 2.05) is 12.1 Å². The summed E-state index contributed by atoms with van der Waals surface area (Å²) in [5.74, 6) is 0.998.